The van der Waals surface area contributed by atoms with Gasteiger partial charge in [-0.3, -0.25) is 4.79 Å². The second-order valence-corrected chi connectivity index (χ2v) is 6.20. The Morgan fingerprint density at radius 3 is 2.63 bits per heavy atom. The molecule has 0 spiro atoms. The minimum Gasteiger partial charge on any atom is -0.356 e. The molecule has 3 rings (SSSR count). The molecule has 0 radical (unpaired) electrons. The van der Waals surface area contributed by atoms with Gasteiger partial charge < -0.3 is 9.80 Å². The molecule has 2 aliphatic rings. The summed E-state index contributed by atoms with van der Waals surface area (Å²) in [6.07, 6.45) is 4.19. The summed E-state index contributed by atoms with van der Waals surface area (Å²) in [7, 11) is 0. The number of carbonyl (C=O) groups is 1. The molecule has 5 heteroatoms. The number of aromatic nitrogens is 1. The van der Waals surface area contributed by atoms with E-state index in [9.17, 15) is 4.79 Å². The Hall–Kier alpha value is -1.23. The lowest BCUT2D eigenvalue weighted by atomic mass is 10.2. The van der Waals surface area contributed by atoms with E-state index >= 15 is 0 Å². The molecule has 0 unspecified atom stereocenters. The highest BCUT2D eigenvalue weighted by Crippen LogP contribution is 2.24. The molecule has 0 atom stereocenters. The van der Waals surface area contributed by atoms with Crippen LogP contribution in [0.3, 0.4) is 0 Å². The van der Waals surface area contributed by atoms with Gasteiger partial charge in [0.05, 0.1) is 5.56 Å². The highest BCUT2D eigenvalue weighted by atomic mass is 32.2. The van der Waals surface area contributed by atoms with Crippen LogP contribution in [0, 0.1) is 0 Å². The molecule has 4 nitrogen and oxygen atoms in total. The van der Waals surface area contributed by atoms with Gasteiger partial charge in [-0.05, 0) is 25.0 Å². The van der Waals surface area contributed by atoms with Crippen molar-refractivity contribution >= 4 is 23.5 Å². The van der Waals surface area contributed by atoms with Crippen LogP contribution in [0.4, 0.5) is 5.82 Å². The fourth-order valence-electron chi connectivity index (χ4n) is 2.68. The molecular weight excluding hydrogens is 258 g/mol. The molecule has 0 bridgehead atoms. The van der Waals surface area contributed by atoms with Crippen molar-refractivity contribution in [2.24, 2.45) is 0 Å². The fourth-order valence-corrected chi connectivity index (χ4v) is 3.58. The van der Waals surface area contributed by atoms with Crippen LogP contribution in [0.15, 0.2) is 18.3 Å². The van der Waals surface area contributed by atoms with E-state index < -0.39 is 0 Å². The Morgan fingerprint density at radius 1 is 1.16 bits per heavy atom. The van der Waals surface area contributed by atoms with Crippen molar-refractivity contribution in [3.63, 3.8) is 0 Å². The van der Waals surface area contributed by atoms with Gasteiger partial charge in [-0.2, -0.15) is 11.8 Å². The third kappa shape index (κ3) is 2.71. The van der Waals surface area contributed by atoms with Crippen molar-refractivity contribution in [3.8, 4) is 0 Å². The standard InChI is InChI=1S/C14H19N3OS/c18-14(17-8-10-19-11-9-17)12-4-3-5-15-13(12)16-6-1-2-7-16/h3-5H,1-2,6-11H2. The molecular formula is C14H19N3OS. The Labute approximate surface area is 118 Å². The predicted octanol–water partition coefficient (Wildman–Crippen LogP) is 1.87. The van der Waals surface area contributed by atoms with Crippen LogP contribution in [0.2, 0.25) is 0 Å². The zero-order chi connectivity index (χ0) is 13.1. The topological polar surface area (TPSA) is 36.4 Å². The van der Waals surface area contributed by atoms with Crippen molar-refractivity contribution in [2.45, 2.75) is 12.8 Å². The van der Waals surface area contributed by atoms with Crippen LogP contribution in [-0.2, 0) is 0 Å². The Morgan fingerprint density at radius 2 is 1.89 bits per heavy atom. The van der Waals surface area contributed by atoms with Crippen molar-refractivity contribution in [3.05, 3.63) is 23.9 Å². The summed E-state index contributed by atoms with van der Waals surface area (Å²) >= 11 is 1.92. The number of carbonyl (C=O) groups excluding carboxylic acids is 1. The summed E-state index contributed by atoms with van der Waals surface area (Å²) in [4.78, 5) is 21.3. The van der Waals surface area contributed by atoms with Crippen LogP contribution < -0.4 is 4.90 Å². The number of pyridine rings is 1. The predicted molar refractivity (Wildman–Crippen MR) is 78.9 cm³/mol. The number of amides is 1. The molecule has 0 N–H and O–H groups in total. The molecule has 0 saturated carbocycles. The summed E-state index contributed by atoms with van der Waals surface area (Å²) in [6.45, 7) is 3.76. The molecule has 102 valence electrons. The first-order valence-corrected chi connectivity index (χ1v) is 8.09. The second kappa shape index (κ2) is 5.82. The first-order chi connectivity index (χ1) is 9.36. The molecule has 19 heavy (non-hydrogen) atoms. The molecule has 2 aliphatic heterocycles. The molecule has 3 heterocycles. The zero-order valence-corrected chi connectivity index (χ0v) is 11.9. The molecule has 0 aliphatic carbocycles. The molecule has 1 aromatic rings. The van der Waals surface area contributed by atoms with E-state index in [1.807, 2.05) is 28.8 Å². The molecule has 0 aromatic carbocycles. The summed E-state index contributed by atoms with van der Waals surface area (Å²) < 4.78 is 0. The van der Waals surface area contributed by atoms with Gasteiger partial charge in [0.1, 0.15) is 5.82 Å². The number of nitrogens with zero attached hydrogens (tertiary/aromatic N) is 3. The van der Waals surface area contributed by atoms with Crippen molar-refractivity contribution in [1.82, 2.24) is 9.88 Å². The quantitative estimate of drug-likeness (QED) is 0.827. The van der Waals surface area contributed by atoms with Crippen LogP contribution in [0.25, 0.3) is 0 Å². The van der Waals surface area contributed by atoms with Crippen molar-refractivity contribution < 1.29 is 4.79 Å². The Kier molecular flexibility index (Phi) is 3.92. The van der Waals surface area contributed by atoms with E-state index in [4.69, 9.17) is 0 Å². The Balaban J connectivity index is 1.84. The molecule has 2 saturated heterocycles. The minimum atomic E-state index is 0.148. The zero-order valence-electron chi connectivity index (χ0n) is 11.0. The average Bonchev–Trinajstić information content (AvgIpc) is 3.01. The fraction of sp³-hybridized carbons (Fsp3) is 0.571. The van der Waals surface area contributed by atoms with E-state index in [0.29, 0.717) is 0 Å². The maximum atomic E-state index is 12.6. The molecule has 2 fully saturated rings. The van der Waals surface area contributed by atoms with Gasteiger partial charge in [-0.15, -0.1) is 0 Å². The van der Waals surface area contributed by atoms with Crippen LogP contribution in [0.1, 0.15) is 23.2 Å². The summed E-state index contributed by atoms with van der Waals surface area (Å²) in [5.74, 6) is 3.12. The first-order valence-electron chi connectivity index (χ1n) is 6.93. The second-order valence-electron chi connectivity index (χ2n) is 4.97. The van der Waals surface area contributed by atoms with Crippen LogP contribution >= 0.6 is 11.8 Å². The highest BCUT2D eigenvalue weighted by Gasteiger charge is 2.24. The normalized spacial score (nSPS) is 19.8. The van der Waals surface area contributed by atoms with Crippen molar-refractivity contribution in [1.29, 1.82) is 0 Å². The summed E-state index contributed by atoms with van der Waals surface area (Å²) in [6, 6.07) is 3.79. The molecule has 1 aromatic heterocycles. The van der Waals surface area contributed by atoms with Gasteiger partial charge >= 0.3 is 0 Å². The minimum absolute atomic E-state index is 0.148. The number of rotatable bonds is 2. The van der Waals surface area contributed by atoms with Gasteiger partial charge in [0, 0.05) is 43.9 Å². The van der Waals surface area contributed by atoms with E-state index in [-0.39, 0.29) is 5.91 Å². The van der Waals surface area contributed by atoms with E-state index in [0.717, 1.165) is 49.1 Å². The lowest BCUT2D eigenvalue weighted by molar-refractivity contribution is 0.0772. The van der Waals surface area contributed by atoms with E-state index in [2.05, 4.69) is 9.88 Å². The lowest BCUT2D eigenvalue weighted by Crippen LogP contribution is -2.38. The van der Waals surface area contributed by atoms with Gasteiger partial charge in [0.25, 0.3) is 5.91 Å². The van der Waals surface area contributed by atoms with Gasteiger partial charge in [-0.25, -0.2) is 4.98 Å². The van der Waals surface area contributed by atoms with E-state index in [1.54, 1.807) is 6.20 Å². The van der Waals surface area contributed by atoms with Crippen LogP contribution in [-0.4, -0.2) is 53.5 Å². The first kappa shape index (κ1) is 12.8. The third-order valence-corrected chi connectivity index (χ3v) is 4.66. The number of thioether (sulfide) groups is 1. The SMILES string of the molecule is O=C(c1cccnc1N1CCCC1)N1CCSCC1. The van der Waals surface area contributed by atoms with Gasteiger partial charge in [0.15, 0.2) is 0 Å². The largest absolute Gasteiger partial charge is 0.356 e. The summed E-state index contributed by atoms with van der Waals surface area (Å²) in [5, 5.41) is 0. The number of hydrogen-bond acceptors (Lipinski definition) is 4. The van der Waals surface area contributed by atoms with Gasteiger partial charge in [0.2, 0.25) is 0 Å². The summed E-state index contributed by atoms with van der Waals surface area (Å²) in [5.41, 5.74) is 0.774. The van der Waals surface area contributed by atoms with Crippen molar-refractivity contribution in [2.75, 3.05) is 42.6 Å². The lowest BCUT2D eigenvalue weighted by Gasteiger charge is -2.28. The average molecular weight is 277 g/mol. The van der Waals surface area contributed by atoms with Gasteiger partial charge in [-0.1, -0.05) is 0 Å². The van der Waals surface area contributed by atoms with E-state index in [1.165, 1.54) is 12.8 Å². The smallest absolute Gasteiger partial charge is 0.257 e. The molecule has 1 amide bonds. The monoisotopic (exact) mass is 277 g/mol. The maximum absolute atomic E-state index is 12.6. The highest BCUT2D eigenvalue weighted by molar-refractivity contribution is 7.99. The number of anilines is 1. The Bertz CT molecular complexity index is 454. The third-order valence-electron chi connectivity index (χ3n) is 3.72. The maximum Gasteiger partial charge on any atom is 0.257 e. The van der Waals surface area contributed by atoms with Crippen LogP contribution in [0.5, 0.6) is 0 Å². The number of hydrogen-bond donors (Lipinski definition) is 0.